The smallest absolute Gasteiger partial charge is 0.253 e. The number of thioether (sulfide) groups is 1. The van der Waals surface area contributed by atoms with Crippen molar-refractivity contribution in [3.8, 4) is 0 Å². The lowest BCUT2D eigenvalue weighted by Crippen LogP contribution is -2.51. The van der Waals surface area contributed by atoms with E-state index in [4.69, 9.17) is 0 Å². The predicted octanol–water partition coefficient (Wildman–Crippen LogP) is 3.45. The SMILES string of the molecule is O=C(CN1CCN(C(=O)c2ccc(SCc3cccnc3)cc2)CC1)NCc1ccccc1. The number of pyridine rings is 1. The van der Waals surface area contributed by atoms with Gasteiger partial charge in [0.1, 0.15) is 0 Å². The van der Waals surface area contributed by atoms with Crippen molar-refractivity contribution >= 4 is 23.6 Å². The normalized spacial score (nSPS) is 14.1. The number of nitrogens with zero attached hydrogens (tertiary/aromatic N) is 3. The molecule has 0 spiro atoms. The van der Waals surface area contributed by atoms with Gasteiger partial charge in [-0.1, -0.05) is 36.4 Å². The summed E-state index contributed by atoms with van der Waals surface area (Å²) in [5.41, 5.74) is 2.96. The molecule has 3 aromatic rings. The standard InChI is InChI=1S/C26H28N4O2S/c31-25(28-18-21-5-2-1-3-6-21)19-29-13-15-30(16-14-29)26(32)23-8-10-24(11-9-23)33-20-22-7-4-12-27-17-22/h1-12,17H,13-16,18-20H2,(H,28,31). The zero-order valence-electron chi connectivity index (χ0n) is 18.5. The number of aromatic nitrogens is 1. The summed E-state index contributed by atoms with van der Waals surface area (Å²) in [5.74, 6) is 0.909. The Balaban J connectivity index is 1.20. The largest absolute Gasteiger partial charge is 0.351 e. The first kappa shape index (κ1) is 23.0. The molecule has 7 heteroatoms. The highest BCUT2D eigenvalue weighted by Gasteiger charge is 2.23. The molecule has 0 bridgehead atoms. The molecule has 33 heavy (non-hydrogen) atoms. The van der Waals surface area contributed by atoms with Crippen molar-refractivity contribution in [3.05, 3.63) is 95.8 Å². The van der Waals surface area contributed by atoms with Crippen LogP contribution in [0.15, 0.2) is 84.0 Å². The lowest BCUT2D eigenvalue weighted by molar-refractivity contribution is -0.122. The van der Waals surface area contributed by atoms with Crippen molar-refractivity contribution in [2.24, 2.45) is 0 Å². The summed E-state index contributed by atoms with van der Waals surface area (Å²) in [6.07, 6.45) is 3.65. The van der Waals surface area contributed by atoms with Gasteiger partial charge in [0.05, 0.1) is 6.54 Å². The topological polar surface area (TPSA) is 65.5 Å². The molecule has 2 heterocycles. The summed E-state index contributed by atoms with van der Waals surface area (Å²) in [5, 5.41) is 2.97. The van der Waals surface area contributed by atoms with Gasteiger partial charge in [-0.25, -0.2) is 0 Å². The maximum atomic E-state index is 12.9. The summed E-state index contributed by atoms with van der Waals surface area (Å²) < 4.78 is 0. The molecule has 2 amide bonds. The molecule has 0 saturated carbocycles. The van der Waals surface area contributed by atoms with Gasteiger partial charge >= 0.3 is 0 Å². The lowest BCUT2D eigenvalue weighted by Gasteiger charge is -2.34. The zero-order valence-corrected chi connectivity index (χ0v) is 19.3. The molecule has 170 valence electrons. The van der Waals surface area contributed by atoms with Crippen molar-refractivity contribution in [1.82, 2.24) is 20.1 Å². The minimum absolute atomic E-state index is 0.0120. The monoisotopic (exact) mass is 460 g/mol. The van der Waals surface area contributed by atoms with E-state index in [0.717, 1.165) is 16.2 Å². The second-order valence-electron chi connectivity index (χ2n) is 8.01. The van der Waals surface area contributed by atoms with Gasteiger partial charge in [-0.2, -0.15) is 0 Å². The lowest BCUT2D eigenvalue weighted by atomic mass is 10.2. The third-order valence-electron chi connectivity index (χ3n) is 5.59. The van der Waals surface area contributed by atoms with E-state index in [9.17, 15) is 9.59 Å². The Morgan fingerprint density at radius 1 is 0.879 bits per heavy atom. The van der Waals surface area contributed by atoms with Crippen LogP contribution in [0.4, 0.5) is 0 Å². The van der Waals surface area contributed by atoms with Crippen LogP contribution in [0.2, 0.25) is 0 Å². The van der Waals surface area contributed by atoms with E-state index < -0.39 is 0 Å². The van der Waals surface area contributed by atoms with Crippen LogP contribution in [0.1, 0.15) is 21.5 Å². The van der Waals surface area contributed by atoms with E-state index in [-0.39, 0.29) is 11.8 Å². The minimum atomic E-state index is 0.0120. The van der Waals surface area contributed by atoms with Crippen molar-refractivity contribution in [2.45, 2.75) is 17.2 Å². The number of hydrogen-bond donors (Lipinski definition) is 1. The summed E-state index contributed by atoms with van der Waals surface area (Å²) >= 11 is 1.73. The number of carbonyl (C=O) groups is 2. The fourth-order valence-corrected chi connectivity index (χ4v) is 4.52. The highest BCUT2D eigenvalue weighted by atomic mass is 32.2. The highest BCUT2D eigenvalue weighted by molar-refractivity contribution is 7.98. The van der Waals surface area contributed by atoms with E-state index >= 15 is 0 Å². The first-order chi connectivity index (χ1) is 16.2. The molecule has 0 aliphatic carbocycles. The molecule has 1 saturated heterocycles. The van der Waals surface area contributed by atoms with E-state index in [1.807, 2.05) is 71.8 Å². The molecule has 4 rings (SSSR count). The van der Waals surface area contributed by atoms with Gasteiger partial charge in [0, 0.05) is 61.3 Å². The third kappa shape index (κ3) is 6.91. The Kier molecular flexibility index (Phi) is 8.11. The number of rotatable bonds is 8. The summed E-state index contributed by atoms with van der Waals surface area (Å²) in [6, 6.07) is 21.7. The van der Waals surface area contributed by atoms with Crippen LogP contribution in [0.5, 0.6) is 0 Å². The molecule has 0 atom stereocenters. The average molecular weight is 461 g/mol. The van der Waals surface area contributed by atoms with Crippen LogP contribution in [-0.2, 0) is 17.1 Å². The van der Waals surface area contributed by atoms with Crippen LogP contribution in [0.25, 0.3) is 0 Å². The third-order valence-corrected chi connectivity index (χ3v) is 6.67. The van der Waals surface area contributed by atoms with Crippen molar-refractivity contribution in [2.75, 3.05) is 32.7 Å². The second kappa shape index (κ2) is 11.6. The van der Waals surface area contributed by atoms with Crippen LogP contribution in [-0.4, -0.2) is 59.3 Å². The highest BCUT2D eigenvalue weighted by Crippen LogP contribution is 2.23. The van der Waals surface area contributed by atoms with Crippen molar-refractivity contribution in [1.29, 1.82) is 0 Å². The van der Waals surface area contributed by atoms with E-state index in [1.165, 1.54) is 5.56 Å². The van der Waals surface area contributed by atoms with Gasteiger partial charge in [-0.05, 0) is 41.5 Å². The molecular weight excluding hydrogens is 432 g/mol. The van der Waals surface area contributed by atoms with Gasteiger partial charge in [0.2, 0.25) is 5.91 Å². The minimum Gasteiger partial charge on any atom is -0.351 e. The fraction of sp³-hybridized carbons (Fsp3) is 0.269. The van der Waals surface area contributed by atoms with Crippen LogP contribution in [0.3, 0.4) is 0 Å². The Bertz CT molecular complexity index is 1040. The predicted molar refractivity (Wildman–Crippen MR) is 131 cm³/mol. The number of nitrogens with one attached hydrogen (secondary N) is 1. The van der Waals surface area contributed by atoms with Gasteiger partial charge in [-0.3, -0.25) is 19.5 Å². The molecule has 1 fully saturated rings. The maximum absolute atomic E-state index is 12.9. The molecular formula is C26H28N4O2S. The molecule has 1 aliphatic heterocycles. The Hall–Kier alpha value is -3.16. The number of piperazine rings is 1. The van der Waals surface area contributed by atoms with Gasteiger partial charge in [-0.15, -0.1) is 11.8 Å². The fourth-order valence-electron chi connectivity index (χ4n) is 3.69. The molecule has 1 aliphatic rings. The Labute approximate surface area is 199 Å². The van der Waals surface area contributed by atoms with Crippen LogP contribution < -0.4 is 5.32 Å². The Morgan fingerprint density at radius 2 is 1.61 bits per heavy atom. The molecule has 1 N–H and O–H groups in total. The maximum Gasteiger partial charge on any atom is 0.253 e. The molecule has 0 unspecified atom stereocenters. The van der Waals surface area contributed by atoms with Crippen LogP contribution >= 0.6 is 11.8 Å². The second-order valence-corrected chi connectivity index (χ2v) is 9.05. The van der Waals surface area contributed by atoms with Gasteiger partial charge in [0.15, 0.2) is 0 Å². The number of benzene rings is 2. The average Bonchev–Trinajstić information content (AvgIpc) is 2.88. The quantitative estimate of drug-likeness (QED) is 0.522. The molecule has 1 aromatic heterocycles. The number of carbonyl (C=O) groups excluding carboxylic acids is 2. The number of amides is 2. The summed E-state index contributed by atoms with van der Waals surface area (Å²) in [7, 11) is 0. The zero-order chi connectivity index (χ0) is 22.9. The van der Waals surface area contributed by atoms with Gasteiger partial charge in [0.25, 0.3) is 5.91 Å². The summed E-state index contributed by atoms with van der Waals surface area (Å²) in [6.45, 7) is 3.55. The summed E-state index contributed by atoms with van der Waals surface area (Å²) in [4.78, 5) is 34.4. The molecule has 0 radical (unpaired) electrons. The van der Waals surface area contributed by atoms with Crippen molar-refractivity contribution in [3.63, 3.8) is 0 Å². The molecule has 2 aromatic carbocycles. The van der Waals surface area contributed by atoms with Crippen molar-refractivity contribution < 1.29 is 9.59 Å². The molecule has 6 nitrogen and oxygen atoms in total. The van der Waals surface area contributed by atoms with E-state index in [1.54, 1.807) is 18.0 Å². The van der Waals surface area contributed by atoms with E-state index in [2.05, 4.69) is 21.3 Å². The first-order valence-electron chi connectivity index (χ1n) is 11.1. The Morgan fingerprint density at radius 3 is 2.30 bits per heavy atom. The van der Waals surface area contributed by atoms with Gasteiger partial charge < -0.3 is 10.2 Å². The van der Waals surface area contributed by atoms with Crippen LogP contribution in [0, 0.1) is 0 Å². The first-order valence-corrected chi connectivity index (χ1v) is 12.1. The number of hydrogen-bond acceptors (Lipinski definition) is 5. The van der Waals surface area contributed by atoms with E-state index in [0.29, 0.717) is 44.8 Å².